The van der Waals surface area contributed by atoms with E-state index in [4.69, 9.17) is 5.11 Å². The number of rotatable bonds is 6. The SMILES string of the molecule is COC(=O)CCn1c(SCC(=O)O)nc2cc(F)ccc21. The molecule has 0 amide bonds. The molecule has 6 nitrogen and oxygen atoms in total. The van der Waals surface area contributed by atoms with Gasteiger partial charge in [-0.2, -0.15) is 0 Å². The van der Waals surface area contributed by atoms with Gasteiger partial charge in [-0.15, -0.1) is 0 Å². The average Bonchev–Trinajstić information content (AvgIpc) is 2.79. The molecule has 1 aromatic heterocycles. The van der Waals surface area contributed by atoms with Crippen molar-refractivity contribution in [2.75, 3.05) is 12.9 Å². The third-order valence-electron chi connectivity index (χ3n) is 2.77. The third kappa shape index (κ3) is 3.72. The highest BCUT2D eigenvalue weighted by molar-refractivity contribution is 7.99. The molecule has 0 saturated carbocycles. The molecule has 21 heavy (non-hydrogen) atoms. The lowest BCUT2D eigenvalue weighted by Gasteiger charge is -2.07. The van der Waals surface area contributed by atoms with Crippen LogP contribution in [-0.4, -0.2) is 39.5 Å². The summed E-state index contributed by atoms with van der Waals surface area (Å²) in [4.78, 5) is 26.2. The van der Waals surface area contributed by atoms with Gasteiger partial charge in [-0.05, 0) is 12.1 Å². The highest BCUT2D eigenvalue weighted by atomic mass is 32.2. The van der Waals surface area contributed by atoms with Crippen LogP contribution in [0.15, 0.2) is 23.4 Å². The molecule has 112 valence electrons. The van der Waals surface area contributed by atoms with E-state index < -0.39 is 11.8 Å². The molecule has 0 unspecified atom stereocenters. The van der Waals surface area contributed by atoms with Gasteiger partial charge in [0.05, 0.1) is 30.3 Å². The van der Waals surface area contributed by atoms with Crippen molar-refractivity contribution in [2.24, 2.45) is 0 Å². The second kappa shape index (κ2) is 6.57. The Labute approximate surface area is 123 Å². The van der Waals surface area contributed by atoms with Crippen molar-refractivity contribution in [3.63, 3.8) is 0 Å². The first-order chi connectivity index (χ1) is 10.0. The van der Waals surface area contributed by atoms with Gasteiger partial charge in [0, 0.05) is 12.6 Å². The molecule has 1 aromatic carbocycles. The van der Waals surface area contributed by atoms with Crippen molar-refractivity contribution < 1.29 is 23.8 Å². The number of carbonyl (C=O) groups is 2. The van der Waals surface area contributed by atoms with Gasteiger partial charge in [0.1, 0.15) is 5.82 Å². The quantitative estimate of drug-likeness (QED) is 0.648. The number of halogens is 1. The number of aryl methyl sites for hydroxylation is 1. The first-order valence-corrected chi connectivity index (χ1v) is 7.07. The number of aliphatic carboxylic acids is 1. The van der Waals surface area contributed by atoms with Crippen molar-refractivity contribution in [1.82, 2.24) is 9.55 Å². The average molecular weight is 312 g/mol. The number of methoxy groups -OCH3 is 1. The first kappa shape index (κ1) is 15.3. The van der Waals surface area contributed by atoms with Gasteiger partial charge < -0.3 is 14.4 Å². The Hall–Kier alpha value is -2.09. The minimum absolute atomic E-state index is 0.125. The van der Waals surface area contributed by atoms with Crippen molar-refractivity contribution >= 4 is 34.7 Å². The number of esters is 1. The van der Waals surface area contributed by atoms with Crippen LogP contribution in [0, 0.1) is 5.82 Å². The maximum absolute atomic E-state index is 13.2. The summed E-state index contributed by atoms with van der Waals surface area (Å²) >= 11 is 1.02. The Morgan fingerprint density at radius 3 is 2.90 bits per heavy atom. The van der Waals surface area contributed by atoms with E-state index in [-0.39, 0.29) is 24.7 Å². The number of carbonyl (C=O) groups excluding carboxylic acids is 1. The Morgan fingerprint density at radius 1 is 1.48 bits per heavy atom. The summed E-state index contributed by atoms with van der Waals surface area (Å²) in [5, 5.41) is 9.18. The molecule has 0 radical (unpaired) electrons. The van der Waals surface area contributed by atoms with E-state index >= 15 is 0 Å². The standard InChI is InChI=1S/C13H13FN2O4S/c1-20-12(19)4-5-16-10-3-2-8(14)6-9(10)15-13(16)21-7-11(17)18/h2-3,6H,4-5,7H2,1H3,(H,17,18). The van der Waals surface area contributed by atoms with E-state index in [9.17, 15) is 14.0 Å². The summed E-state index contributed by atoms with van der Waals surface area (Å²) in [6.07, 6.45) is 0.125. The van der Waals surface area contributed by atoms with Crippen molar-refractivity contribution in [2.45, 2.75) is 18.1 Å². The molecule has 2 rings (SSSR count). The number of ether oxygens (including phenoxy) is 1. The van der Waals surface area contributed by atoms with Gasteiger partial charge in [0.25, 0.3) is 0 Å². The van der Waals surface area contributed by atoms with Crippen LogP contribution in [0.3, 0.4) is 0 Å². The van der Waals surface area contributed by atoms with Gasteiger partial charge in [0.15, 0.2) is 5.16 Å². The molecule has 1 heterocycles. The molecule has 0 bridgehead atoms. The number of carboxylic acid groups (broad SMARTS) is 1. The molecule has 0 aliphatic rings. The van der Waals surface area contributed by atoms with Gasteiger partial charge in [-0.25, -0.2) is 9.37 Å². The predicted octanol–water partition coefficient (Wildman–Crippen LogP) is 1.92. The number of thioether (sulfide) groups is 1. The van der Waals surface area contributed by atoms with Crippen LogP contribution in [0.4, 0.5) is 4.39 Å². The van der Waals surface area contributed by atoms with Crippen LogP contribution in [0.2, 0.25) is 0 Å². The monoisotopic (exact) mass is 312 g/mol. The molecule has 0 fully saturated rings. The fourth-order valence-corrected chi connectivity index (χ4v) is 2.60. The number of imidazole rings is 1. The summed E-state index contributed by atoms with van der Waals surface area (Å²) in [5.41, 5.74) is 1.07. The smallest absolute Gasteiger partial charge is 0.313 e. The predicted molar refractivity (Wildman–Crippen MR) is 74.7 cm³/mol. The Bertz CT molecular complexity index is 686. The molecule has 1 N–H and O–H groups in total. The number of aromatic nitrogens is 2. The zero-order valence-corrected chi connectivity index (χ0v) is 12.0. The maximum Gasteiger partial charge on any atom is 0.313 e. The van der Waals surface area contributed by atoms with Crippen LogP contribution < -0.4 is 0 Å². The van der Waals surface area contributed by atoms with Crippen molar-refractivity contribution in [1.29, 1.82) is 0 Å². The lowest BCUT2D eigenvalue weighted by molar-refractivity contribution is -0.141. The molecule has 0 atom stereocenters. The fourth-order valence-electron chi connectivity index (χ4n) is 1.84. The van der Waals surface area contributed by atoms with E-state index in [0.29, 0.717) is 16.2 Å². The second-order valence-corrected chi connectivity index (χ2v) is 5.13. The third-order valence-corrected chi connectivity index (χ3v) is 3.73. The highest BCUT2D eigenvalue weighted by Crippen LogP contribution is 2.25. The molecule has 8 heteroatoms. The van der Waals surface area contributed by atoms with E-state index in [1.165, 1.54) is 19.2 Å². The number of hydrogen-bond donors (Lipinski definition) is 1. The van der Waals surface area contributed by atoms with Gasteiger partial charge in [0.2, 0.25) is 0 Å². The molecule has 0 spiro atoms. The number of fused-ring (bicyclic) bond motifs is 1. The minimum Gasteiger partial charge on any atom is -0.481 e. The Kier molecular flexibility index (Phi) is 4.79. The number of nitrogens with zero attached hydrogens (tertiary/aromatic N) is 2. The lowest BCUT2D eigenvalue weighted by atomic mass is 10.3. The fraction of sp³-hybridized carbons (Fsp3) is 0.308. The largest absolute Gasteiger partial charge is 0.481 e. The maximum atomic E-state index is 13.2. The summed E-state index contributed by atoms with van der Waals surface area (Å²) in [6.45, 7) is 0.288. The lowest BCUT2D eigenvalue weighted by Crippen LogP contribution is -2.08. The summed E-state index contributed by atoms with van der Waals surface area (Å²) < 4.78 is 19.5. The molecule has 2 aromatic rings. The topological polar surface area (TPSA) is 81.4 Å². The zero-order valence-electron chi connectivity index (χ0n) is 11.2. The first-order valence-electron chi connectivity index (χ1n) is 6.08. The van der Waals surface area contributed by atoms with Crippen molar-refractivity contribution in [3.8, 4) is 0 Å². The minimum atomic E-state index is -0.974. The van der Waals surface area contributed by atoms with Gasteiger partial charge >= 0.3 is 11.9 Å². The van der Waals surface area contributed by atoms with Crippen LogP contribution in [-0.2, 0) is 20.9 Å². The van der Waals surface area contributed by atoms with E-state index in [1.54, 1.807) is 10.6 Å². The molecule has 0 aliphatic carbocycles. The molecule has 0 aliphatic heterocycles. The Morgan fingerprint density at radius 2 is 2.24 bits per heavy atom. The van der Waals surface area contributed by atoms with E-state index in [1.807, 2.05) is 0 Å². The normalized spacial score (nSPS) is 10.8. The molecular formula is C13H13FN2O4S. The number of hydrogen-bond acceptors (Lipinski definition) is 5. The second-order valence-electron chi connectivity index (χ2n) is 4.19. The Balaban J connectivity index is 2.34. The van der Waals surface area contributed by atoms with Crippen molar-refractivity contribution in [3.05, 3.63) is 24.0 Å². The zero-order chi connectivity index (χ0) is 15.4. The van der Waals surface area contributed by atoms with Crippen LogP contribution in [0.5, 0.6) is 0 Å². The molecule has 0 saturated heterocycles. The number of carboxylic acids is 1. The number of benzene rings is 1. The van der Waals surface area contributed by atoms with Crippen LogP contribution in [0.25, 0.3) is 11.0 Å². The van der Waals surface area contributed by atoms with Crippen LogP contribution >= 0.6 is 11.8 Å². The summed E-state index contributed by atoms with van der Waals surface area (Å²) in [5.74, 6) is -1.94. The highest BCUT2D eigenvalue weighted by Gasteiger charge is 2.14. The summed E-state index contributed by atoms with van der Waals surface area (Å²) in [6, 6.07) is 4.12. The van der Waals surface area contributed by atoms with E-state index in [2.05, 4.69) is 9.72 Å². The van der Waals surface area contributed by atoms with E-state index in [0.717, 1.165) is 11.8 Å². The van der Waals surface area contributed by atoms with Gasteiger partial charge in [-0.1, -0.05) is 11.8 Å². The van der Waals surface area contributed by atoms with Crippen LogP contribution in [0.1, 0.15) is 6.42 Å². The summed E-state index contributed by atoms with van der Waals surface area (Å²) in [7, 11) is 1.30. The molecular weight excluding hydrogens is 299 g/mol. The van der Waals surface area contributed by atoms with Gasteiger partial charge in [-0.3, -0.25) is 9.59 Å².